The fourth-order valence-corrected chi connectivity index (χ4v) is 2.31. The number of amides is 2. The Balaban J connectivity index is 2.76. The van der Waals surface area contributed by atoms with E-state index in [0.29, 0.717) is 6.04 Å². The summed E-state index contributed by atoms with van der Waals surface area (Å²) in [4.78, 5) is 16.0. The minimum atomic E-state index is -0.0384. The summed E-state index contributed by atoms with van der Waals surface area (Å²) in [5, 5.41) is 3.24. The fraction of sp³-hybridized carbons (Fsp3) is 0.923. The van der Waals surface area contributed by atoms with Crippen LogP contribution in [0.5, 0.6) is 0 Å². The third-order valence-corrected chi connectivity index (χ3v) is 3.70. The van der Waals surface area contributed by atoms with Crippen molar-refractivity contribution >= 4 is 6.03 Å². The molecular formula is C13H27N3O. The van der Waals surface area contributed by atoms with E-state index in [2.05, 4.69) is 39.9 Å². The molecule has 0 spiro atoms. The molecule has 0 aromatic carbocycles. The molecule has 0 bridgehead atoms. The van der Waals surface area contributed by atoms with Crippen molar-refractivity contribution in [2.45, 2.75) is 46.2 Å². The Morgan fingerprint density at radius 1 is 1.29 bits per heavy atom. The predicted octanol–water partition coefficient (Wildman–Crippen LogP) is 1.77. The second-order valence-corrected chi connectivity index (χ2v) is 6.79. The number of carbonyl (C=O) groups excluding carboxylic acids is 1. The van der Waals surface area contributed by atoms with Gasteiger partial charge in [-0.1, -0.05) is 20.8 Å². The number of nitrogens with one attached hydrogen (secondary N) is 1. The largest absolute Gasteiger partial charge is 0.322 e. The molecular weight excluding hydrogens is 214 g/mol. The Kier molecular flexibility index (Phi) is 3.77. The first-order valence-electron chi connectivity index (χ1n) is 6.29. The highest BCUT2D eigenvalue weighted by Gasteiger charge is 2.42. The van der Waals surface area contributed by atoms with E-state index < -0.39 is 0 Å². The van der Waals surface area contributed by atoms with Crippen molar-refractivity contribution in [2.75, 3.05) is 27.2 Å². The van der Waals surface area contributed by atoms with Crippen LogP contribution in [0.2, 0.25) is 0 Å². The number of hydrogen-bond donors (Lipinski definition) is 1. The van der Waals surface area contributed by atoms with Crippen molar-refractivity contribution in [3.05, 3.63) is 0 Å². The van der Waals surface area contributed by atoms with Gasteiger partial charge in [0.1, 0.15) is 0 Å². The summed E-state index contributed by atoms with van der Waals surface area (Å²) in [7, 11) is 3.84. The van der Waals surface area contributed by atoms with Crippen LogP contribution < -0.4 is 5.32 Å². The monoisotopic (exact) mass is 241 g/mol. The van der Waals surface area contributed by atoms with Crippen LogP contribution in [0.4, 0.5) is 4.79 Å². The summed E-state index contributed by atoms with van der Waals surface area (Å²) in [6.45, 7) is 12.4. The Hall–Kier alpha value is -0.770. The van der Waals surface area contributed by atoms with Gasteiger partial charge in [0.05, 0.1) is 6.04 Å². The smallest absolute Gasteiger partial charge is 0.320 e. The molecule has 0 aromatic rings. The summed E-state index contributed by atoms with van der Waals surface area (Å²) in [5.74, 6) is 0. The average molecular weight is 241 g/mol. The van der Waals surface area contributed by atoms with Crippen LogP contribution in [0.15, 0.2) is 0 Å². The number of likely N-dealkylation sites (N-methyl/N-ethyl adjacent to an activating group) is 2. The maximum Gasteiger partial charge on any atom is 0.320 e. The fourth-order valence-electron chi connectivity index (χ4n) is 2.31. The van der Waals surface area contributed by atoms with E-state index in [1.807, 2.05) is 23.9 Å². The molecule has 1 rings (SSSR count). The van der Waals surface area contributed by atoms with Crippen molar-refractivity contribution in [1.29, 1.82) is 0 Å². The zero-order valence-corrected chi connectivity index (χ0v) is 12.3. The first-order valence-corrected chi connectivity index (χ1v) is 6.29. The molecule has 1 atom stereocenters. The molecule has 100 valence electrons. The molecule has 0 radical (unpaired) electrons. The van der Waals surface area contributed by atoms with E-state index in [4.69, 9.17) is 0 Å². The molecule has 1 aliphatic heterocycles. The Labute approximate surface area is 105 Å². The number of urea groups is 1. The van der Waals surface area contributed by atoms with Crippen molar-refractivity contribution in [3.8, 4) is 0 Å². The summed E-state index contributed by atoms with van der Waals surface area (Å²) in [6, 6.07) is 0.441. The summed E-state index contributed by atoms with van der Waals surface area (Å²) in [6.07, 6.45) is 0. The zero-order chi connectivity index (χ0) is 13.4. The molecule has 0 saturated carbocycles. The van der Waals surface area contributed by atoms with Crippen molar-refractivity contribution in [2.24, 2.45) is 5.41 Å². The molecule has 1 N–H and O–H groups in total. The summed E-state index contributed by atoms with van der Waals surface area (Å²) >= 11 is 0. The first-order chi connectivity index (χ1) is 7.58. The number of carbonyl (C=O) groups is 1. The van der Waals surface area contributed by atoms with Gasteiger partial charge in [-0.15, -0.1) is 0 Å². The van der Waals surface area contributed by atoms with E-state index in [9.17, 15) is 4.79 Å². The molecule has 1 aliphatic rings. The molecule has 1 fully saturated rings. The second-order valence-electron chi connectivity index (χ2n) is 6.79. The Bertz CT molecular complexity index is 294. The van der Waals surface area contributed by atoms with Crippen molar-refractivity contribution in [1.82, 2.24) is 15.1 Å². The molecule has 1 heterocycles. The summed E-state index contributed by atoms with van der Waals surface area (Å²) in [5.41, 5.74) is 0.0895. The second kappa shape index (κ2) is 4.48. The van der Waals surface area contributed by atoms with Gasteiger partial charge in [0.2, 0.25) is 0 Å². The third-order valence-electron chi connectivity index (χ3n) is 3.70. The van der Waals surface area contributed by atoms with Crippen LogP contribution >= 0.6 is 0 Å². The van der Waals surface area contributed by atoms with Crippen LogP contribution in [0.3, 0.4) is 0 Å². The van der Waals surface area contributed by atoms with Crippen molar-refractivity contribution < 1.29 is 4.79 Å². The zero-order valence-electron chi connectivity index (χ0n) is 12.3. The lowest BCUT2D eigenvalue weighted by atomic mass is 9.86. The molecule has 4 nitrogen and oxygen atoms in total. The third kappa shape index (κ3) is 3.12. The first kappa shape index (κ1) is 14.3. The maximum atomic E-state index is 12.2. The van der Waals surface area contributed by atoms with Gasteiger partial charge < -0.3 is 15.1 Å². The minimum Gasteiger partial charge on any atom is -0.322 e. The Morgan fingerprint density at radius 2 is 1.82 bits per heavy atom. The van der Waals surface area contributed by atoms with Crippen LogP contribution in [0.1, 0.15) is 34.6 Å². The van der Waals surface area contributed by atoms with Gasteiger partial charge in [-0.2, -0.15) is 0 Å². The van der Waals surface area contributed by atoms with E-state index in [0.717, 1.165) is 13.1 Å². The Morgan fingerprint density at radius 3 is 2.18 bits per heavy atom. The van der Waals surface area contributed by atoms with Crippen LogP contribution in [0, 0.1) is 5.41 Å². The van der Waals surface area contributed by atoms with E-state index in [1.54, 1.807) is 0 Å². The van der Waals surface area contributed by atoms with Crippen LogP contribution in [-0.2, 0) is 0 Å². The highest BCUT2D eigenvalue weighted by atomic mass is 16.2. The number of hydrogen-bond acceptors (Lipinski definition) is 2. The number of nitrogens with zero attached hydrogens (tertiary/aromatic N) is 2. The lowest BCUT2D eigenvalue weighted by Crippen LogP contribution is -2.48. The molecule has 1 unspecified atom stereocenters. The normalized spacial score (nSPS) is 22.5. The lowest BCUT2D eigenvalue weighted by molar-refractivity contribution is 0.171. The van der Waals surface area contributed by atoms with Crippen molar-refractivity contribution in [3.63, 3.8) is 0 Å². The highest BCUT2D eigenvalue weighted by Crippen LogP contribution is 2.30. The molecule has 1 saturated heterocycles. The standard InChI is InChI=1S/C13H27N3O/c1-12(2,3)10-8-16(11(17)15(10)7)9-13(4,5)14-6/h10,14H,8-9H2,1-7H3. The van der Waals surface area contributed by atoms with Crippen LogP contribution in [0.25, 0.3) is 0 Å². The predicted molar refractivity (Wildman–Crippen MR) is 71.1 cm³/mol. The van der Waals surface area contributed by atoms with E-state index in [1.165, 1.54) is 0 Å². The van der Waals surface area contributed by atoms with E-state index in [-0.39, 0.29) is 17.0 Å². The SMILES string of the molecule is CNC(C)(C)CN1CC(C(C)(C)C)N(C)C1=O. The van der Waals surface area contributed by atoms with Gasteiger partial charge in [-0.3, -0.25) is 0 Å². The highest BCUT2D eigenvalue weighted by molar-refractivity contribution is 5.77. The van der Waals surface area contributed by atoms with Gasteiger partial charge in [-0.25, -0.2) is 4.79 Å². The molecule has 0 aromatic heterocycles. The minimum absolute atomic E-state index is 0.0384. The van der Waals surface area contributed by atoms with Gasteiger partial charge in [0.25, 0.3) is 0 Å². The molecule has 0 aliphatic carbocycles. The topological polar surface area (TPSA) is 35.6 Å². The maximum absolute atomic E-state index is 12.2. The molecule has 4 heteroatoms. The lowest BCUT2D eigenvalue weighted by Gasteiger charge is -2.31. The van der Waals surface area contributed by atoms with Gasteiger partial charge >= 0.3 is 6.03 Å². The van der Waals surface area contributed by atoms with Crippen LogP contribution in [-0.4, -0.2) is 54.6 Å². The van der Waals surface area contributed by atoms with E-state index >= 15 is 0 Å². The summed E-state index contributed by atoms with van der Waals surface area (Å²) < 4.78 is 0. The average Bonchev–Trinajstić information content (AvgIpc) is 2.45. The molecule has 17 heavy (non-hydrogen) atoms. The van der Waals surface area contributed by atoms with Gasteiger partial charge in [-0.05, 0) is 26.3 Å². The quantitative estimate of drug-likeness (QED) is 0.817. The molecule has 2 amide bonds. The van der Waals surface area contributed by atoms with Gasteiger partial charge in [0.15, 0.2) is 0 Å². The number of rotatable bonds is 3. The van der Waals surface area contributed by atoms with Gasteiger partial charge in [0, 0.05) is 25.7 Å².